The second-order valence-corrected chi connectivity index (χ2v) is 7.21. The summed E-state index contributed by atoms with van der Waals surface area (Å²) in [4.78, 5) is 2.27. The molecule has 2 fully saturated rings. The van der Waals surface area contributed by atoms with E-state index >= 15 is 0 Å². The number of likely N-dealkylation sites (N-methyl/N-ethyl adjacent to an activating group) is 1. The second-order valence-electron chi connectivity index (χ2n) is 5.28. The third-order valence-electron chi connectivity index (χ3n) is 3.58. The van der Waals surface area contributed by atoms with Crippen molar-refractivity contribution in [3.8, 4) is 0 Å². The van der Waals surface area contributed by atoms with E-state index in [4.69, 9.17) is 4.74 Å². The average molecular weight is 291 g/mol. The van der Waals surface area contributed by atoms with Crippen LogP contribution < -0.4 is 10.0 Å². The largest absolute Gasteiger partial charge is 0.374 e. The molecule has 6 nitrogen and oxygen atoms in total. The smallest absolute Gasteiger partial charge is 0.212 e. The van der Waals surface area contributed by atoms with Crippen LogP contribution in [0.3, 0.4) is 0 Å². The van der Waals surface area contributed by atoms with Crippen LogP contribution in [0, 0.1) is 0 Å². The molecule has 19 heavy (non-hydrogen) atoms. The van der Waals surface area contributed by atoms with Gasteiger partial charge in [0, 0.05) is 32.2 Å². The Labute approximate surface area is 115 Å². The van der Waals surface area contributed by atoms with Crippen molar-refractivity contribution in [2.45, 2.75) is 31.9 Å². The molecule has 2 rings (SSSR count). The van der Waals surface area contributed by atoms with Crippen LogP contribution in [0.5, 0.6) is 0 Å². The molecule has 0 amide bonds. The summed E-state index contributed by atoms with van der Waals surface area (Å²) in [7, 11) is -3.18. The molecule has 0 aromatic rings. The molecule has 1 unspecified atom stereocenters. The lowest BCUT2D eigenvalue weighted by Crippen LogP contribution is -2.47. The van der Waals surface area contributed by atoms with Crippen LogP contribution in [0.1, 0.15) is 19.8 Å². The fourth-order valence-corrected chi connectivity index (χ4v) is 3.14. The molecule has 2 aliphatic rings. The highest BCUT2D eigenvalue weighted by Gasteiger charge is 2.23. The molecule has 1 saturated heterocycles. The van der Waals surface area contributed by atoms with E-state index in [0.717, 1.165) is 19.6 Å². The Hall–Kier alpha value is -0.210. The van der Waals surface area contributed by atoms with Crippen molar-refractivity contribution >= 4 is 10.0 Å². The summed E-state index contributed by atoms with van der Waals surface area (Å²) >= 11 is 0. The van der Waals surface area contributed by atoms with E-state index in [1.165, 1.54) is 12.8 Å². The first-order valence-corrected chi connectivity index (χ1v) is 8.79. The van der Waals surface area contributed by atoms with E-state index < -0.39 is 10.0 Å². The maximum absolute atomic E-state index is 11.8. The molecule has 0 spiro atoms. The topological polar surface area (TPSA) is 70.7 Å². The van der Waals surface area contributed by atoms with Gasteiger partial charge in [0.2, 0.25) is 10.0 Å². The van der Waals surface area contributed by atoms with Crippen molar-refractivity contribution in [1.82, 2.24) is 14.9 Å². The summed E-state index contributed by atoms with van der Waals surface area (Å²) < 4.78 is 31.8. The Morgan fingerprint density at radius 3 is 2.84 bits per heavy atom. The first-order chi connectivity index (χ1) is 9.09. The van der Waals surface area contributed by atoms with Gasteiger partial charge >= 0.3 is 0 Å². The Morgan fingerprint density at radius 1 is 1.37 bits per heavy atom. The van der Waals surface area contributed by atoms with Crippen LogP contribution in [-0.4, -0.2) is 70.5 Å². The van der Waals surface area contributed by atoms with Gasteiger partial charge in [-0.15, -0.1) is 0 Å². The van der Waals surface area contributed by atoms with Crippen molar-refractivity contribution in [1.29, 1.82) is 0 Å². The van der Waals surface area contributed by atoms with Gasteiger partial charge in [0.15, 0.2) is 0 Å². The molecular weight excluding hydrogens is 266 g/mol. The molecule has 1 atom stereocenters. The Morgan fingerprint density at radius 2 is 2.16 bits per heavy atom. The van der Waals surface area contributed by atoms with E-state index in [9.17, 15) is 8.42 Å². The second kappa shape index (κ2) is 6.99. The SMILES string of the molecule is CCN1CCOC(CNS(=O)(=O)CCNC2CC2)C1. The molecule has 1 aliphatic heterocycles. The molecule has 0 radical (unpaired) electrons. The third kappa shape index (κ3) is 5.74. The van der Waals surface area contributed by atoms with E-state index in [-0.39, 0.29) is 11.9 Å². The fraction of sp³-hybridized carbons (Fsp3) is 1.00. The molecule has 0 aromatic carbocycles. The lowest BCUT2D eigenvalue weighted by Gasteiger charge is -2.32. The Balaban J connectivity index is 1.64. The quantitative estimate of drug-likeness (QED) is 0.624. The van der Waals surface area contributed by atoms with Crippen LogP contribution >= 0.6 is 0 Å². The van der Waals surface area contributed by atoms with Gasteiger partial charge in [0.25, 0.3) is 0 Å². The maximum atomic E-state index is 11.8. The molecule has 1 saturated carbocycles. The number of nitrogens with one attached hydrogen (secondary N) is 2. The van der Waals surface area contributed by atoms with E-state index in [2.05, 4.69) is 21.9 Å². The minimum Gasteiger partial charge on any atom is -0.374 e. The normalized spacial score (nSPS) is 25.6. The first kappa shape index (κ1) is 15.2. The number of nitrogens with zero attached hydrogens (tertiary/aromatic N) is 1. The lowest BCUT2D eigenvalue weighted by molar-refractivity contribution is -0.0229. The maximum Gasteiger partial charge on any atom is 0.212 e. The Kier molecular flexibility index (Phi) is 5.58. The first-order valence-electron chi connectivity index (χ1n) is 7.14. The zero-order valence-corrected chi connectivity index (χ0v) is 12.4. The monoisotopic (exact) mass is 291 g/mol. The minimum absolute atomic E-state index is 0.0279. The van der Waals surface area contributed by atoms with Gasteiger partial charge in [-0.1, -0.05) is 6.92 Å². The van der Waals surface area contributed by atoms with E-state index in [1.807, 2.05) is 0 Å². The molecule has 112 valence electrons. The van der Waals surface area contributed by atoms with Crippen molar-refractivity contribution in [2.24, 2.45) is 0 Å². The van der Waals surface area contributed by atoms with Crippen LogP contribution in [0.15, 0.2) is 0 Å². The molecule has 2 N–H and O–H groups in total. The predicted octanol–water partition coefficient (Wildman–Crippen LogP) is -0.621. The van der Waals surface area contributed by atoms with Crippen LogP contribution in [-0.2, 0) is 14.8 Å². The number of hydrogen-bond donors (Lipinski definition) is 2. The predicted molar refractivity (Wildman–Crippen MR) is 74.7 cm³/mol. The van der Waals surface area contributed by atoms with Crippen LogP contribution in [0.4, 0.5) is 0 Å². The summed E-state index contributed by atoms with van der Waals surface area (Å²) in [5.74, 6) is 0.147. The van der Waals surface area contributed by atoms with E-state index in [0.29, 0.717) is 25.7 Å². The summed E-state index contributed by atoms with van der Waals surface area (Å²) in [5.41, 5.74) is 0. The number of rotatable bonds is 8. The van der Waals surface area contributed by atoms with Gasteiger partial charge < -0.3 is 10.1 Å². The molecule has 0 bridgehead atoms. The van der Waals surface area contributed by atoms with Crippen LogP contribution in [0.25, 0.3) is 0 Å². The van der Waals surface area contributed by atoms with Crippen molar-refractivity contribution in [2.75, 3.05) is 45.1 Å². The highest BCUT2D eigenvalue weighted by molar-refractivity contribution is 7.89. The standard InChI is InChI=1S/C12H25N3O3S/c1-2-15-6-7-18-12(10-15)9-14-19(16,17)8-5-13-11-3-4-11/h11-14H,2-10H2,1H3. The molecule has 7 heteroatoms. The summed E-state index contributed by atoms with van der Waals surface area (Å²) in [5, 5.41) is 3.21. The van der Waals surface area contributed by atoms with E-state index in [1.54, 1.807) is 0 Å². The average Bonchev–Trinajstić information content (AvgIpc) is 3.21. The highest BCUT2D eigenvalue weighted by atomic mass is 32.2. The van der Waals surface area contributed by atoms with Crippen molar-refractivity contribution in [3.63, 3.8) is 0 Å². The highest BCUT2D eigenvalue weighted by Crippen LogP contribution is 2.18. The minimum atomic E-state index is -3.18. The molecule has 0 aromatic heterocycles. The number of hydrogen-bond acceptors (Lipinski definition) is 5. The van der Waals surface area contributed by atoms with Crippen LogP contribution in [0.2, 0.25) is 0 Å². The zero-order valence-electron chi connectivity index (χ0n) is 11.6. The summed E-state index contributed by atoms with van der Waals surface area (Å²) in [6, 6.07) is 0.551. The van der Waals surface area contributed by atoms with Gasteiger partial charge in [0.05, 0.1) is 18.5 Å². The zero-order chi connectivity index (χ0) is 13.7. The van der Waals surface area contributed by atoms with Crippen molar-refractivity contribution < 1.29 is 13.2 Å². The third-order valence-corrected chi connectivity index (χ3v) is 4.93. The number of ether oxygens (including phenoxy) is 1. The van der Waals surface area contributed by atoms with Gasteiger partial charge in [-0.25, -0.2) is 13.1 Å². The van der Waals surface area contributed by atoms with Crippen molar-refractivity contribution in [3.05, 3.63) is 0 Å². The van der Waals surface area contributed by atoms with Gasteiger partial charge in [-0.05, 0) is 19.4 Å². The summed E-state index contributed by atoms with van der Waals surface area (Å²) in [6.07, 6.45) is 2.33. The number of morpholine rings is 1. The fourth-order valence-electron chi connectivity index (χ4n) is 2.17. The lowest BCUT2D eigenvalue weighted by atomic mass is 10.3. The van der Waals surface area contributed by atoms with Gasteiger partial charge in [-0.3, -0.25) is 4.90 Å². The molecular formula is C12H25N3O3S. The molecule has 1 aliphatic carbocycles. The summed E-state index contributed by atoms with van der Waals surface area (Å²) in [6.45, 7) is 6.43. The van der Waals surface area contributed by atoms with Gasteiger partial charge in [-0.2, -0.15) is 0 Å². The van der Waals surface area contributed by atoms with Gasteiger partial charge in [0.1, 0.15) is 0 Å². The number of sulfonamides is 1. The molecule has 1 heterocycles. The Bertz CT molecular complexity index is 370.